The Morgan fingerprint density at radius 3 is 2.32 bits per heavy atom. The van der Waals surface area contributed by atoms with E-state index in [0.717, 1.165) is 36.2 Å². The maximum absolute atomic E-state index is 13.1. The minimum atomic E-state index is -3.68. The topological polar surface area (TPSA) is 66.5 Å². The molecule has 0 heterocycles. The number of anilines is 1. The van der Waals surface area contributed by atoms with Crippen LogP contribution >= 0.6 is 0 Å². The lowest BCUT2D eigenvalue weighted by Crippen LogP contribution is -2.48. The summed E-state index contributed by atoms with van der Waals surface area (Å²) in [4.78, 5) is 12.5. The Balaban J connectivity index is 2.85. The second kappa shape index (κ2) is 9.75. The minimum absolute atomic E-state index is 0.268. The number of halogens is 1. The number of nitrogens with one attached hydrogen (secondary N) is 1. The summed E-state index contributed by atoms with van der Waals surface area (Å²) in [6, 6.07) is 4.16. The predicted octanol–water partition coefficient (Wildman–Crippen LogP) is 3.31. The lowest BCUT2D eigenvalue weighted by atomic mass is 9.99. The Kier molecular flexibility index (Phi) is 8.35. The van der Waals surface area contributed by atoms with Crippen molar-refractivity contribution >= 4 is 21.6 Å². The number of hydrogen-bond donors (Lipinski definition) is 1. The number of unbranched alkanes of at least 4 members (excludes halogenated alkanes) is 1. The molecule has 2 atom stereocenters. The highest BCUT2D eigenvalue weighted by atomic mass is 32.2. The van der Waals surface area contributed by atoms with Crippen LogP contribution in [0.2, 0.25) is 0 Å². The van der Waals surface area contributed by atoms with Crippen LogP contribution in [0.5, 0.6) is 0 Å². The average molecular weight is 373 g/mol. The number of carbonyl (C=O) groups excluding carboxylic acids is 1. The number of benzene rings is 1. The van der Waals surface area contributed by atoms with Crippen LogP contribution in [-0.4, -0.2) is 33.2 Å². The summed E-state index contributed by atoms with van der Waals surface area (Å²) >= 11 is 0. The summed E-state index contributed by atoms with van der Waals surface area (Å²) < 4.78 is 38.4. The molecule has 142 valence electrons. The quantitative estimate of drug-likeness (QED) is 0.685. The van der Waals surface area contributed by atoms with Gasteiger partial charge in [0.15, 0.2) is 0 Å². The van der Waals surface area contributed by atoms with Gasteiger partial charge in [0, 0.05) is 6.54 Å². The molecule has 1 amide bonds. The van der Waals surface area contributed by atoms with Crippen molar-refractivity contribution in [3.8, 4) is 0 Å². The van der Waals surface area contributed by atoms with Crippen LogP contribution in [0.4, 0.5) is 10.1 Å². The van der Waals surface area contributed by atoms with Crippen LogP contribution in [0.25, 0.3) is 0 Å². The van der Waals surface area contributed by atoms with Crippen LogP contribution in [0.1, 0.15) is 46.5 Å². The third-order valence-electron chi connectivity index (χ3n) is 4.28. The normalized spacial score (nSPS) is 14.0. The Labute approximate surface area is 150 Å². The number of nitrogens with zero attached hydrogens (tertiary/aromatic N) is 1. The number of amides is 1. The first kappa shape index (κ1) is 21.4. The molecule has 5 nitrogen and oxygen atoms in total. The van der Waals surface area contributed by atoms with Crippen molar-refractivity contribution in [2.45, 2.75) is 52.5 Å². The molecule has 1 N–H and O–H groups in total. The van der Waals surface area contributed by atoms with Crippen molar-refractivity contribution in [1.29, 1.82) is 0 Å². The first-order valence-corrected chi connectivity index (χ1v) is 10.6. The van der Waals surface area contributed by atoms with Gasteiger partial charge >= 0.3 is 0 Å². The molecule has 0 unspecified atom stereocenters. The first-order chi connectivity index (χ1) is 11.7. The van der Waals surface area contributed by atoms with E-state index in [1.165, 1.54) is 31.2 Å². The van der Waals surface area contributed by atoms with Gasteiger partial charge < -0.3 is 5.32 Å². The molecule has 0 saturated heterocycles. The summed E-state index contributed by atoms with van der Waals surface area (Å²) in [7, 11) is -3.68. The lowest BCUT2D eigenvalue weighted by Gasteiger charge is -2.28. The van der Waals surface area contributed by atoms with E-state index in [1.807, 2.05) is 0 Å². The Morgan fingerprint density at radius 1 is 1.24 bits per heavy atom. The molecule has 7 heteroatoms. The van der Waals surface area contributed by atoms with E-state index in [2.05, 4.69) is 19.2 Å². The Morgan fingerprint density at radius 2 is 1.84 bits per heavy atom. The van der Waals surface area contributed by atoms with Gasteiger partial charge in [0.25, 0.3) is 0 Å². The summed E-state index contributed by atoms with van der Waals surface area (Å²) in [6.07, 6.45) is 5.25. The Hall–Kier alpha value is -1.63. The van der Waals surface area contributed by atoms with Gasteiger partial charge in [-0.05, 0) is 43.5 Å². The molecule has 1 aromatic rings. The van der Waals surface area contributed by atoms with E-state index < -0.39 is 21.9 Å². The van der Waals surface area contributed by atoms with Crippen molar-refractivity contribution < 1.29 is 17.6 Å². The standard InChI is InChI=1S/C18H29FN2O3S/c1-5-7-8-15(6-2)13-20-18(22)14(3)21(25(4,23)24)17-11-9-16(19)10-12-17/h9-12,14-15H,5-8,13H2,1-4H3,(H,20,22)/t14-,15-/m1/s1. The van der Waals surface area contributed by atoms with Crippen LogP contribution in [-0.2, 0) is 14.8 Å². The zero-order valence-electron chi connectivity index (χ0n) is 15.5. The van der Waals surface area contributed by atoms with E-state index in [-0.39, 0.29) is 11.6 Å². The van der Waals surface area contributed by atoms with Crippen LogP contribution in [0.15, 0.2) is 24.3 Å². The molecule has 0 aromatic heterocycles. The monoisotopic (exact) mass is 372 g/mol. The fraction of sp³-hybridized carbons (Fsp3) is 0.611. The molecule has 25 heavy (non-hydrogen) atoms. The molecular formula is C18H29FN2O3S. The van der Waals surface area contributed by atoms with Gasteiger partial charge in [-0.3, -0.25) is 9.10 Å². The molecule has 0 fully saturated rings. The molecule has 1 aromatic carbocycles. The van der Waals surface area contributed by atoms with Crippen molar-refractivity contribution in [3.63, 3.8) is 0 Å². The van der Waals surface area contributed by atoms with Gasteiger partial charge in [0.1, 0.15) is 11.9 Å². The molecule has 0 bridgehead atoms. The van der Waals surface area contributed by atoms with E-state index in [9.17, 15) is 17.6 Å². The number of hydrogen-bond acceptors (Lipinski definition) is 3. The molecule has 0 spiro atoms. The predicted molar refractivity (Wildman–Crippen MR) is 99.5 cm³/mol. The lowest BCUT2D eigenvalue weighted by molar-refractivity contribution is -0.122. The summed E-state index contributed by atoms with van der Waals surface area (Å²) in [6.45, 7) is 6.27. The first-order valence-electron chi connectivity index (χ1n) is 8.73. The highest BCUT2D eigenvalue weighted by molar-refractivity contribution is 7.92. The molecule has 0 saturated carbocycles. The van der Waals surface area contributed by atoms with Gasteiger partial charge in [-0.25, -0.2) is 12.8 Å². The SMILES string of the molecule is CCCC[C@@H](CC)CNC(=O)[C@@H](C)N(c1ccc(F)cc1)S(C)(=O)=O. The second-order valence-electron chi connectivity index (χ2n) is 6.37. The highest BCUT2D eigenvalue weighted by Crippen LogP contribution is 2.21. The molecular weight excluding hydrogens is 343 g/mol. The number of carbonyl (C=O) groups is 1. The molecule has 0 radical (unpaired) electrons. The fourth-order valence-corrected chi connectivity index (χ4v) is 3.91. The third-order valence-corrected chi connectivity index (χ3v) is 5.52. The van der Waals surface area contributed by atoms with E-state index in [0.29, 0.717) is 12.5 Å². The van der Waals surface area contributed by atoms with Crippen LogP contribution < -0.4 is 9.62 Å². The summed E-state index contributed by atoms with van der Waals surface area (Å²) in [5, 5.41) is 2.86. The van der Waals surface area contributed by atoms with Gasteiger partial charge in [0.05, 0.1) is 11.9 Å². The fourth-order valence-electron chi connectivity index (χ4n) is 2.73. The second-order valence-corrected chi connectivity index (χ2v) is 8.23. The highest BCUT2D eigenvalue weighted by Gasteiger charge is 2.29. The molecule has 0 aliphatic heterocycles. The van der Waals surface area contributed by atoms with Gasteiger partial charge in [-0.2, -0.15) is 0 Å². The largest absolute Gasteiger partial charge is 0.354 e. The summed E-state index contributed by atoms with van der Waals surface area (Å²) in [5.41, 5.74) is 0.268. The number of sulfonamides is 1. The van der Waals surface area contributed by atoms with Gasteiger partial charge in [-0.15, -0.1) is 0 Å². The van der Waals surface area contributed by atoms with Gasteiger partial charge in [0.2, 0.25) is 15.9 Å². The molecule has 1 rings (SSSR count). The maximum Gasteiger partial charge on any atom is 0.243 e. The maximum atomic E-state index is 13.1. The van der Waals surface area contributed by atoms with Crippen molar-refractivity contribution in [2.75, 3.05) is 17.1 Å². The van der Waals surface area contributed by atoms with Crippen LogP contribution in [0.3, 0.4) is 0 Å². The zero-order valence-corrected chi connectivity index (χ0v) is 16.3. The van der Waals surface area contributed by atoms with Gasteiger partial charge in [-0.1, -0.05) is 33.1 Å². The van der Waals surface area contributed by atoms with Crippen molar-refractivity contribution in [1.82, 2.24) is 5.32 Å². The smallest absolute Gasteiger partial charge is 0.243 e. The van der Waals surface area contributed by atoms with E-state index in [1.54, 1.807) is 0 Å². The van der Waals surface area contributed by atoms with E-state index >= 15 is 0 Å². The molecule has 0 aliphatic carbocycles. The third kappa shape index (κ3) is 6.65. The molecule has 0 aliphatic rings. The van der Waals surface area contributed by atoms with Crippen LogP contribution in [0, 0.1) is 11.7 Å². The minimum Gasteiger partial charge on any atom is -0.354 e. The average Bonchev–Trinajstić information content (AvgIpc) is 2.55. The van der Waals surface area contributed by atoms with Crippen molar-refractivity contribution in [3.05, 3.63) is 30.1 Å². The zero-order chi connectivity index (χ0) is 19.0. The number of rotatable bonds is 10. The summed E-state index contributed by atoms with van der Waals surface area (Å²) in [5.74, 6) is -0.436. The van der Waals surface area contributed by atoms with Crippen molar-refractivity contribution in [2.24, 2.45) is 5.92 Å². The van der Waals surface area contributed by atoms with E-state index in [4.69, 9.17) is 0 Å². The Bertz CT molecular complexity index is 647.